The smallest absolute Gasteiger partial charge is 0.329 e. The van der Waals surface area contributed by atoms with E-state index in [1.54, 1.807) is 24.6 Å². The van der Waals surface area contributed by atoms with E-state index in [0.29, 0.717) is 24.1 Å². The average molecular weight is 404 g/mol. The molecular formula is C19H22ClN5O3. The number of imidazole rings is 1. The molecule has 9 heteroatoms. The standard InChI is InChI=1S/C19H22ClN5O3/c1-3-14(20)12-25-15-16(23(2)19(28)22-17(15)27)21-18(25)24(9-10-26)11-13-7-5-4-6-8-13/h3-8,26H,9-12H2,1-2H3,(H,22,27,28)/b14-3-. The van der Waals surface area contributed by atoms with Crippen LogP contribution in [0.4, 0.5) is 5.95 Å². The number of benzene rings is 1. The topological polar surface area (TPSA) is 96.2 Å². The number of aryl methyl sites for hydroxylation is 1. The van der Waals surface area contributed by atoms with E-state index in [2.05, 4.69) is 9.97 Å². The molecule has 0 saturated heterocycles. The van der Waals surface area contributed by atoms with Crippen LogP contribution in [0.1, 0.15) is 12.5 Å². The van der Waals surface area contributed by atoms with Crippen LogP contribution in [0.2, 0.25) is 0 Å². The molecule has 2 heterocycles. The average Bonchev–Trinajstić information content (AvgIpc) is 3.06. The molecule has 0 radical (unpaired) electrons. The molecule has 148 valence electrons. The lowest BCUT2D eigenvalue weighted by atomic mass is 10.2. The first-order valence-corrected chi connectivity index (χ1v) is 9.24. The molecule has 0 spiro atoms. The molecule has 8 nitrogen and oxygen atoms in total. The van der Waals surface area contributed by atoms with Crippen molar-refractivity contribution >= 4 is 28.7 Å². The number of allylic oxidation sites excluding steroid dienone is 2. The Labute approximate surface area is 166 Å². The molecule has 0 fully saturated rings. The highest BCUT2D eigenvalue weighted by atomic mass is 35.5. The van der Waals surface area contributed by atoms with Crippen LogP contribution in [0, 0.1) is 0 Å². The minimum Gasteiger partial charge on any atom is -0.395 e. The summed E-state index contributed by atoms with van der Waals surface area (Å²) in [6.45, 7) is 2.71. The highest BCUT2D eigenvalue weighted by Crippen LogP contribution is 2.23. The number of nitrogens with one attached hydrogen (secondary N) is 1. The number of aliphatic hydroxyl groups excluding tert-OH is 1. The molecular weight excluding hydrogens is 382 g/mol. The molecule has 0 unspecified atom stereocenters. The van der Waals surface area contributed by atoms with Crippen LogP contribution in [0.15, 0.2) is 51.0 Å². The van der Waals surface area contributed by atoms with Crippen LogP contribution in [0.5, 0.6) is 0 Å². The summed E-state index contributed by atoms with van der Waals surface area (Å²) in [7, 11) is 1.55. The van der Waals surface area contributed by atoms with Crippen LogP contribution >= 0.6 is 11.6 Å². The highest BCUT2D eigenvalue weighted by molar-refractivity contribution is 6.29. The van der Waals surface area contributed by atoms with Gasteiger partial charge in [-0.2, -0.15) is 4.98 Å². The van der Waals surface area contributed by atoms with Gasteiger partial charge >= 0.3 is 5.69 Å². The number of H-pyrrole nitrogens is 1. The van der Waals surface area contributed by atoms with E-state index in [4.69, 9.17) is 11.6 Å². The minimum absolute atomic E-state index is 0.0946. The van der Waals surface area contributed by atoms with E-state index in [1.165, 1.54) is 4.57 Å². The van der Waals surface area contributed by atoms with Gasteiger partial charge in [0.1, 0.15) is 0 Å². The summed E-state index contributed by atoms with van der Waals surface area (Å²) < 4.78 is 2.97. The number of aromatic amines is 1. The van der Waals surface area contributed by atoms with Crippen molar-refractivity contribution in [2.24, 2.45) is 7.05 Å². The quantitative estimate of drug-likeness (QED) is 0.624. The fourth-order valence-corrected chi connectivity index (χ4v) is 3.15. The van der Waals surface area contributed by atoms with Gasteiger partial charge in [0.25, 0.3) is 5.56 Å². The Hall–Kier alpha value is -2.84. The van der Waals surface area contributed by atoms with Crippen LogP contribution in [-0.4, -0.2) is 37.4 Å². The Bertz CT molecular complexity index is 1110. The number of aliphatic hydroxyl groups is 1. The summed E-state index contributed by atoms with van der Waals surface area (Å²) in [6.07, 6.45) is 1.74. The molecule has 0 saturated carbocycles. The van der Waals surface area contributed by atoms with Crippen LogP contribution in [-0.2, 0) is 20.1 Å². The van der Waals surface area contributed by atoms with E-state index in [9.17, 15) is 14.7 Å². The first-order chi connectivity index (χ1) is 13.5. The lowest BCUT2D eigenvalue weighted by Gasteiger charge is -2.24. The molecule has 0 aliphatic heterocycles. The summed E-state index contributed by atoms with van der Waals surface area (Å²) in [6, 6.07) is 9.73. The van der Waals surface area contributed by atoms with Crippen LogP contribution < -0.4 is 16.1 Å². The highest BCUT2D eigenvalue weighted by Gasteiger charge is 2.22. The number of hydrogen-bond acceptors (Lipinski definition) is 5. The van der Waals surface area contributed by atoms with Crippen molar-refractivity contribution in [3.05, 3.63) is 67.8 Å². The van der Waals surface area contributed by atoms with Gasteiger partial charge in [-0.15, -0.1) is 0 Å². The molecule has 28 heavy (non-hydrogen) atoms. The lowest BCUT2D eigenvalue weighted by Crippen LogP contribution is -2.30. The summed E-state index contributed by atoms with van der Waals surface area (Å²) in [5.41, 5.74) is 0.478. The second-order valence-electron chi connectivity index (χ2n) is 6.35. The van der Waals surface area contributed by atoms with Gasteiger partial charge in [-0.3, -0.25) is 18.9 Å². The Morgan fingerprint density at radius 1 is 1.32 bits per heavy atom. The van der Waals surface area contributed by atoms with Gasteiger partial charge in [0.2, 0.25) is 5.95 Å². The predicted molar refractivity (Wildman–Crippen MR) is 110 cm³/mol. The number of hydrogen-bond donors (Lipinski definition) is 2. The molecule has 2 N–H and O–H groups in total. The Morgan fingerprint density at radius 3 is 2.68 bits per heavy atom. The van der Waals surface area contributed by atoms with E-state index in [0.717, 1.165) is 5.56 Å². The minimum atomic E-state index is -0.539. The molecule has 0 bridgehead atoms. The SMILES string of the molecule is C/C=C(\Cl)Cn1c(N(CCO)Cc2ccccc2)nc2c1c(=O)[nH]c(=O)n2C. The Morgan fingerprint density at radius 2 is 2.04 bits per heavy atom. The van der Waals surface area contributed by atoms with Crippen molar-refractivity contribution in [3.8, 4) is 0 Å². The predicted octanol–water partition coefficient (Wildman–Crippen LogP) is 1.56. The maximum Gasteiger partial charge on any atom is 0.329 e. The zero-order valence-electron chi connectivity index (χ0n) is 15.7. The van der Waals surface area contributed by atoms with Gasteiger partial charge in [-0.1, -0.05) is 48.0 Å². The molecule has 3 rings (SSSR count). The van der Waals surface area contributed by atoms with E-state index < -0.39 is 11.2 Å². The van der Waals surface area contributed by atoms with Gasteiger partial charge in [-0.25, -0.2) is 4.79 Å². The maximum atomic E-state index is 12.5. The summed E-state index contributed by atoms with van der Waals surface area (Å²) in [4.78, 5) is 33.3. The molecule has 3 aromatic rings. The van der Waals surface area contributed by atoms with Gasteiger partial charge in [-0.05, 0) is 12.5 Å². The summed E-state index contributed by atoms with van der Waals surface area (Å²) in [5.74, 6) is 0.458. The van der Waals surface area contributed by atoms with Crippen molar-refractivity contribution in [2.45, 2.75) is 20.0 Å². The van der Waals surface area contributed by atoms with Gasteiger partial charge in [0, 0.05) is 25.2 Å². The van der Waals surface area contributed by atoms with Crippen molar-refractivity contribution in [3.63, 3.8) is 0 Å². The number of rotatable bonds is 7. The second-order valence-corrected chi connectivity index (χ2v) is 6.84. The van der Waals surface area contributed by atoms with Gasteiger partial charge < -0.3 is 10.0 Å². The molecule has 0 aliphatic carbocycles. The fraction of sp³-hybridized carbons (Fsp3) is 0.316. The summed E-state index contributed by atoms with van der Waals surface area (Å²) >= 11 is 6.26. The van der Waals surface area contributed by atoms with Gasteiger partial charge in [0.15, 0.2) is 11.2 Å². The van der Waals surface area contributed by atoms with Crippen LogP contribution in [0.3, 0.4) is 0 Å². The number of halogens is 1. The third kappa shape index (κ3) is 3.88. The third-order valence-corrected chi connectivity index (χ3v) is 4.82. The molecule has 0 atom stereocenters. The van der Waals surface area contributed by atoms with Crippen molar-refractivity contribution in [1.29, 1.82) is 0 Å². The van der Waals surface area contributed by atoms with Gasteiger partial charge in [0.05, 0.1) is 13.2 Å². The fourth-order valence-electron chi connectivity index (χ4n) is 3.03. The molecule has 0 aliphatic rings. The summed E-state index contributed by atoms with van der Waals surface area (Å²) in [5, 5.41) is 10.1. The third-order valence-electron chi connectivity index (χ3n) is 4.48. The molecule has 0 amide bonds. The van der Waals surface area contributed by atoms with Crippen molar-refractivity contribution in [2.75, 3.05) is 18.1 Å². The van der Waals surface area contributed by atoms with E-state index >= 15 is 0 Å². The lowest BCUT2D eigenvalue weighted by molar-refractivity contribution is 0.300. The number of aromatic nitrogens is 4. The second kappa shape index (κ2) is 8.45. The van der Waals surface area contributed by atoms with Crippen molar-refractivity contribution in [1.82, 2.24) is 19.1 Å². The molecule has 2 aromatic heterocycles. The normalized spacial score (nSPS) is 11.9. The zero-order valence-corrected chi connectivity index (χ0v) is 16.5. The van der Waals surface area contributed by atoms with Crippen molar-refractivity contribution < 1.29 is 5.11 Å². The Kier molecular flexibility index (Phi) is 6.01. The Balaban J connectivity index is 2.22. The first kappa shape index (κ1) is 19.9. The first-order valence-electron chi connectivity index (χ1n) is 8.86. The maximum absolute atomic E-state index is 12.5. The van der Waals surface area contributed by atoms with Crippen LogP contribution in [0.25, 0.3) is 11.2 Å². The number of nitrogens with zero attached hydrogens (tertiary/aromatic N) is 4. The number of anilines is 1. The zero-order chi connectivity index (χ0) is 20.3. The monoisotopic (exact) mass is 403 g/mol. The number of fused-ring (bicyclic) bond motifs is 1. The van der Waals surface area contributed by atoms with E-state index in [1.807, 2.05) is 35.2 Å². The van der Waals surface area contributed by atoms with E-state index in [-0.39, 0.29) is 24.3 Å². The molecule has 1 aromatic carbocycles. The largest absolute Gasteiger partial charge is 0.395 e.